The summed E-state index contributed by atoms with van der Waals surface area (Å²) in [5.74, 6) is 2.47. The first-order valence-corrected chi connectivity index (χ1v) is 9.89. The van der Waals surface area contributed by atoms with Crippen LogP contribution < -0.4 is 4.90 Å². The largest absolute Gasteiger partial charge is 0.509 e. The molecule has 146 valence electrons. The molecule has 28 heavy (non-hydrogen) atoms. The van der Waals surface area contributed by atoms with Crippen LogP contribution in [0.15, 0.2) is 30.2 Å². The summed E-state index contributed by atoms with van der Waals surface area (Å²) in [7, 11) is 0. The van der Waals surface area contributed by atoms with Gasteiger partial charge in [-0.25, -0.2) is 4.98 Å². The van der Waals surface area contributed by atoms with E-state index in [0.717, 1.165) is 70.0 Å². The highest BCUT2D eigenvalue weighted by Crippen LogP contribution is 2.22. The Bertz CT molecular complexity index is 876. The van der Waals surface area contributed by atoms with Crippen LogP contribution in [-0.4, -0.2) is 62.5 Å². The van der Waals surface area contributed by atoms with E-state index >= 15 is 0 Å². The number of piperazine rings is 1. The van der Waals surface area contributed by atoms with Crippen LogP contribution in [0.25, 0.3) is 5.57 Å². The second-order valence-electron chi connectivity index (χ2n) is 7.29. The zero-order valence-electron chi connectivity index (χ0n) is 16.0. The topological polar surface area (TPSA) is 94.1 Å². The number of fused-ring (bicyclic) bond motifs is 1. The van der Waals surface area contributed by atoms with Gasteiger partial charge in [0, 0.05) is 45.3 Å². The first-order chi connectivity index (χ1) is 13.8. The molecule has 0 aromatic carbocycles. The maximum absolute atomic E-state index is 10.7. The van der Waals surface area contributed by atoms with Crippen molar-refractivity contribution in [2.75, 3.05) is 37.6 Å². The molecule has 8 nitrogen and oxygen atoms in total. The highest BCUT2D eigenvalue weighted by Gasteiger charge is 2.23. The number of hydrogen-bond acceptors (Lipinski definition) is 7. The van der Waals surface area contributed by atoms with Gasteiger partial charge in [-0.15, -0.1) is 10.2 Å². The van der Waals surface area contributed by atoms with Crippen LogP contribution in [0.1, 0.15) is 30.9 Å². The molecule has 2 aromatic heterocycles. The molecule has 1 N–H and O–H groups in total. The number of aryl methyl sites for hydroxylation is 1. The number of nitrogens with zero attached hydrogens (tertiary/aromatic N) is 7. The zero-order chi connectivity index (χ0) is 19.3. The van der Waals surface area contributed by atoms with E-state index in [-0.39, 0.29) is 11.3 Å². The molecule has 1 saturated heterocycles. The number of allylic oxidation sites excluding steroid dienone is 1. The molecule has 0 atom stereocenters. The lowest BCUT2D eigenvalue weighted by Crippen LogP contribution is -2.47. The monoisotopic (exact) mass is 379 g/mol. The summed E-state index contributed by atoms with van der Waals surface area (Å²) < 4.78 is 2.00. The van der Waals surface area contributed by atoms with Gasteiger partial charge in [-0.1, -0.05) is 12.5 Å². The number of aliphatic hydroxyl groups excluding tert-OH is 1. The van der Waals surface area contributed by atoms with Crippen LogP contribution in [0.4, 0.5) is 5.82 Å². The Balaban J connectivity index is 1.45. The number of nitriles is 1. The highest BCUT2D eigenvalue weighted by molar-refractivity contribution is 5.74. The van der Waals surface area contributed by atoms with Gasteiger partial charge in [0.2, 0.25) is 0 Å². The van der Waals surface area contributed by atoms with Gasteiger partial charge in [-0.2, -0.15) is 5.26 Å². The molecule has 0 aliphatic carbocycles. The molecule has 0 unspecified atom stereocenters. The third-order valence-electron chi connectivity index (χ3n) is 5.45. The van der Waals surface area contributed by atoms with Crippen molar-refractivity contribution in [1.82, 2.24) is 24.6 Å². The molecule has 8 heteroatoms. The van der Waals surface area contributed by atoms with Crippen LogP contribution in [-0.2, 0) is 13.0 Å². The van der Waals surface area contributed by atoms with Crippen molar-refractivity contribution >= 4 is 11.4 Å². The minimum atomic E-state index is 0.0771. The van der Waals surface area contributed by atoms with Crippen molar-refractivity contribution in [2.24, 2.45) is 0 Å². The lowest BCUT2D eigenvalue weighted by molar-refractivity contribution is 0.238. The van der Waals surface area contributed by atoms with Gasteiger partial charge >= 0.3 is 0 Å². The van der Waals surface area contributed by atoms with Crippen molar-refractivity contribution < 1.29 is 5.11 Å². The number of pyridine rings is 1. The Morgan fingerprint density at radius 3 is 2.68 bits per heavy atom. The van der Waals surface area contributed by atoms with E-state index in [1.54, 1.807) is 6.20 Å². The van der Waals surface area contributed by atoms with E-state index in [4.69, 9.17) is 0 Å². The Morgan fingerprint density at radius 2 is 1.93 bits per heavy atom. The van der Waals surface area contributed by atoms with Gasteiger partial charge in [0.25, 0.3) is 0 Å². The normalized spacial score (nSPS) is 18.8. The average Bonchev–Trinajstić information content (AvgIpc) is 2.97. The third-order valence-corrected chi connectivity index (χ3v) is 5.45. The summed E-state index contributed by atoms with van der Waals surface area (Å²) in [6.07, 6.45) is 5.98. The molecule has 0 saturated carbocycles. The smallest absolute Gasteiger partial charge is 0.178 e. The van der Waals surface area contributed by atoms with Crippen molar-refractivity contribution in [3.05, 3.63) is 41.8 Å². The van der Waals surface area contributed by atoms with Gasteiger partial charge in [0.05, 0.1) is 6.54 Å². The van der Waals surface area contributed by atoms with Gasteiger partial charge in [-0.05, 0) is 25.0 Å². The molecule has 0 radical (unpaired) electrons. The summed E-state index contributed by atoms with van der Waals surface area (Å²) >= 11 is 0. The Morgan fingerprint density at radius 1 is 1.07 bits per heavy atom. The zero-order valence-corrected chi connectivity index (χ0v) is 16.0. The predicted molar refractivity (Wildman–Crippen MR) is 106 cm³/mol. The average molecular weight is 379 g/mol. The summed E-state index contributed by atoms with van der Waals surface area (Å²) in [4.78, 5) is 8.80. The standard InChI is InChI=1S/C20H25N7O/c21-14-16(20-24-23-19-7-2-1-5-9-27(19)20)17(28)15-25-10-12-26(13-11-25)18-6-3-4-8-22-18/h3-4,6,8,28H,1-2,5,7,9-13,15H2/b17-16-. The number of hydrogen-bond donors (Lipinski definition) is 1. The van der Waals surface area contributed by atoms with E-state index in [1.165, 1.54) is 0 Å². The number of rotatable bonds is 4. The molecule has 2 aliphatic heterocycles. The fraction of sp³-hybridized carbons (Fsp3) is 0.500. The number of anilines is 1. The minimum absolute atomic E-state index is 0.0771. The van der Waals surface area contributed by atoms with E-state index in [1.807, 2.05) is 22.8 Å². The van der Waals surface area contributed by atoms with Gasteiger partial charge in [-0.3, -0.25) is 4.90 Å². The van der Waals surface area contributed by atoms with Crippen molar-refractivity contribution in [3.63, 3.8) is 0 Å². The first-order valence-electron chi connectivity index (χ1n) is 9.89. The van der Waals surface area contributed by atoms with Gasteiger partial charge in [0.1, 0.15) is 29.0 Å². The van der Waals surface area contributed by atoms with Crippen molar-refractivity contribution in [2.45, 2.75) is 32.2 Å². The van der Waals surface area contributed by atoms with Crippen LogP contribution in [0.2, 0.25) is 0 Å². The fourth-order valence-corrected chi connectivity index (χ4v) is 3.88. The van der Waals surface area contributed by atoms with Crippen LogP contribution >= 0.6 is 0 Å². The first kappa shape index (κ1) is 18.4. The van der Waals surface area contributed by atoms with E-state index in [9.17, 15) is 10.4 Å². The summed E-state index contributed by atoms with van der Waals surface area (Å²) in [6, 6.07) is 8.07. The molecule has 4 rings (SSSR count). The molecule has 2 aromatic rings. The Kier molecular flexibility index (Phi) is 5.53. The van der Waals surface area contributed by atoms with E-state index in [0.29, 0.717) is 12.4 Å². The second-order valence-corrected chi connectivity index (χ2v) is 7.29. The molecule has 2 aliphatic rings. The quantitative estimate of drug-likeness (QED) is 0.641. The summed E-state index contributed by atoms with van der Waals surface area (Å²) in [5, 5.41) is 28.8. The molecule has 0 bridgehead atoms. The van der Waals surface area contributed by atoms with Crippen LogP contribution in [0.5, 0.6) is 0 Å². The number of aliphatic hydroxyl groups is 1. The van der Waals surface area contributed by atoms with Crippen molar-refractivity contribution in [1.29, 1.82) is 5.26 Å². The summed E-state index contributed by atoms with van der Waals surface area (Å²) in [5.41, 5.74) is 0.243. The molecule has 1 fully saturated rings. The second kappa shape index (κ2) is 8.40. The lowest BCUT2D eigenvalue weighted by Gasteiger charge is -2.35. The van der Waals surface area contributed by atoms with Gasteiger partial charge < -0.3 is 14.6 Å². The Hall–Kier alpha value is -2.92. The molecular formula is C20H25N7O. The molecular weight excluding hydrogens is 354 g/mol. The van der Waals surface area contributed by atoms with Crippen LogP contribution in [0.3, 0.4) is 0 Å². The minimum Gasteiger partial charge on any atom is -0.509 e. The molecule has 0 amide bonds. The van der Waals surface area contributed by atoms with E-state index in [2.05, 4.69) is 31.1 Å². The van der Waals surface area contributed by atoms with Gasteiger partial charge in [0.15, 0.2) is 5.82 Å². The fourth-order valence-electron chi connectivity index (χ4n) is 3.88. The maximum Gasteiger partial charge on any atom is 0.178 e. The molecule has 4 heterocycles. The van der Waals surface area contributed by atoms with Crippen molar-refractivity contribution in [3.8, 4) is 6.07 Å². The lowest BCUT2D eigenvalue weighted by atomic mass is 10.2. The van der Waals surface area contributed by atoms with E-state index < -0.39 is 0 Å². The SMILES string of the molecule is N#C/C(=C(/O)CN1CCN(c2ccccn2)CC1)c1nnc2n1CCCCC2. The highest BCUT2D eigenvalue weighted by atomic mass is 16.3. The third kappa shape index (κ3) is 3.85. The summed E-state index contributed by atoms with van der Waals surface area (Å²) in [6.45, 7) is 4.44. The molecule has 0 spiro atoms. The number of aromatic nitrogens is 4. The maximum atomic E-state index is 10.7. The van der Waals surface area contributed by atoms with Crippen LogP contribution in [0, 0.1) is 11.3 Å². The predicted octanol–water partition coefficient (Wildman–Crippen LogP) is 2.01. The Labute approximate surface area is 164 Å².